The van der Waals surface area contributed by atoms with Gasteiger partial charge in [0.2, 0.25) is 0 Å². The maximum absolute atomic E-state index is 13.5. The smallest absolute Gasteiger partial charge is 0.332 e. The molecule has 2 atom stereocenters. The lowest BCUT2D eigenvalue weighted by atomic mass is 10.0. The lowest BCUT2D eigenvalue weighted by molar-refractivity contribution is -0.168. The Labute approximate surface area is 188 Å². The highest BCUT2D eigenvalue weighted by Crippen LogP contribution is 2.29. The molecule has 2 aliphatic heterocycles. The predicted octanol–water partition coefficient (Wildman–Crippen LogP) is 2.92. The molecule has 0 saturated carbocycles. The molecule has 0 aromatic heterocycles. The number of ether oxygens (including phenoxy) is 2. The van der Waals surface area contributed by atoms with Crippen molar-refractivity contribution in [2.45, 2.75) is 71.2 Å². The van der Waals surface area contributed by atoms with E-state index in [2.05, 4.69) is 0 Å². The van der Waals surface area contributed by atoms with Crippen molar-refractivity contribution in [3.63, 3.8) is 0 Å². The minimum Gasteiger partial charge on any atom is -0.458 e. The fourth-order valence-electron chi connectivity index (χ4n) is 3.57. The van der Waals surface area contributed by atoms with Crippen molar-refractivity contribution in [3.8, 4) is 0 Å². The van der Waals surface area contributed by atoms with E-state index in [9.17, 15) is 19.2 Å². The van der Waals surface area contributed by atoms with Crippen LogP contribution in [0.3, 0.4) is 0 Å². The fraction of sp³-hybridized carbons (Fsp3) is 0.500. The highest BCUT2D eigenvalue weighted by molar-refractivity contribution is 6.23. The van der Waals surface area contributed by atoms with Gasteiger partial charge < -0.3 is 14.4 Å². The van der Waals surface area contributed by atoms with Crippen LogP contribution in [0.5, 0.6) is 0 Å². The molecule has 0 spiro atoms. The Morgan fingerprint density at radius 1 is 1.00 bits per heavy atom. The molecule has 172 valence electrons. The zero-order valence-corrected chi connectivity index (χ0v) is 19.4. The molecule has 1 aromatic rings. The first-order valence-corrected chi connectivity index (χ1v) is 10.6. The van der Waals surface area contributed by atoms with Gasteiger partial charge in [-0.05, 0) is 60.1 Å². The van der Waals surface area contributed by atoms with Gasteiger partial charge in [0.25, 0.3) is 17.7 Å². The zero-order valence-electron chi connectivity index (χ0n) is 19.4. The van der Waals surface area contributed by atoms with Gasteiger partial charge in [0.15, 0.2) is 6.04 Å². The topological polar surface area (TPSA) is 93.2 Å². The summed E-state index contributed by atoms with van der Waals surface area (Å²) in [7, 11) is 0. The van der Waals surface area contributed by atoms with E-state index >= 15 is 0 Å². The molecule has 3 amide bonds. The van der Waals surface area contributed by atoms with E-state index in [1.165, 1.54) is 11.1 Å². The molecule has 0 aliphatic carbocycles. The van der Waals surface area contributed by atoms with E-state index in [-0.39, 0.29) is 24.2 Å². The van der Waals surface area contributed by atoms with Gasteiger partial charge in [0, 0.05) is 6.20 Å². The minimum absolute atomic E-state index is 0.0939. The van der Waals surface area contributed by atoms with E-state index in [0.29, 0.717) is 0 Å². The molecular weight excluding hydrogens is 412 g/mol. The summed E-state index contributed by atoms with van der Waals surface area (Å²) < 4.78 is 11.3. The Morgan fingerprint density at radius 2 is 1.56 bits per heavy atom. The van der Waals surface area contributed by atoms with Crippen LogP contribution in [0.15, 0.2) is 36.5 Å². The Balaban J connectivity index is 1.89. The number of imide groups is 1. The van der Waals surface area contributed by atoms with E-state index < -0.39 is 47.0 Å². The number of hydrogen-bond donors (Lipinski definition) is 0. The van der Waals surface area contributed by atoms with Crippen LogP contribution in [0.25, 0.3) is 0 Å². The largest absolute Gasteiger partial charge is 0.458 e. The van der Waals surface area contributed by atoms with Gasteiger partial charge in [-0.2, -0.15) is 0 Å². The van der Waals surface area contributed by atoms with Gasteiger partial charge in [0.1, 0.15) is 11.6 Å². The molecule has 2 heterocycles. The Bertz CT molecular complexity index is 934. The van der Waals surface area contributed by atoms with Crippen molar-refractivity contribution in [3.05, 3.63) is 47.7 Å². The number of carbonyl (C=O) groups excluding carboxylic acids is 4. The van der Waals surface area contributed by atoms with Gasteiger partial charge in [-0.3, -0.25) is 19.3 Å². The van der Waals surface area contributed by atoms with Gasteiger partial charge in [-0.25, -0.2) is 4.79 Å². The summed E-state index contributed by atoms with van der Waals surface area (Å²) in [5, 5.41) is 0. The number of fused-ring (bicyclic) bond motifs is 1. The van der Waals surface area contributed by atoms with Gasteiger partial charge in [-0.1, -0.05) is 18.2 Å². The number of carbonyl (C=O) groups is 4. The van der Waals surface area contributed by atoms with Crippen LogP contribution in [0.2, 0.25) is 0 Å². The summed E-state index contributed by atoms with van der Waals surface area (Å²) in [4.78, 5) is 54.4. The average Bonchev–Trinajstić information content (AvgIpc) is 2.92. The van der Waals surface area contributed by atoms with E-state index in [1.807, 2.05) is 20.8 Å². The molecule has 1 aromatic carbocycles. The first-order valence-electron chi connectivity index (χ1n) is 10.6. The average molecular weight is 443 g/mol. The number of nitrogens with zero attached hydrogens (tertiary/aromatic N) is 2. The zero-order chi connectivity index (χ0) is 23.8. The third-order valence-corrected chi connectivity index (χ3v) is 4.99. The van der Waals surface area contributed by atoms with Crippen LogP contribution in [-0.4, -0.2) is 63.4 Å². The van der Waals surface area contributed by atoms with Crippen molar-refractivity contribution in [2.24, 2.45) is 0 Å². The molecule has 0 unspecified atom stereocenters. The lowest BCUT2D eigenvalue weighted by Gasteiger charge is -2.37. The van der Waals surface area contributed by atoms with E-state index in [1.54, 1.807) is 51.1 Å². The van der Waals surface area contributed by atoms with Crippen LogP contribution >= 0.6 is 0 Å². The summed E-state index contributed by atoms with van der Waals surface area (Å²) in [5.41, 5.74) is -0.774. The van der Waals surface area contributed by atoms with Crippen LogP contribution in [0.4, 0.5) is 0 Å². The van der Waals surface area contributed by atoms with Gasteiger partial charge in [0.05, 0.1) is 23.3 Å². The fourth-order valence-corrected chi connectivity index (χ4v) is 3.57. The van der Waals surface area contributed by atoms with Crippen molar-refractivity contribution < 1.29 is 28.7 Å². The van der Waals surface area contributed by atoms with E-state index in [4.69, 9.17) is 9.47 Å². The first-order chi connectivity index (χ1) is 14.8. The van der Waals surface area contributed by atoms with Gasteiger partial charge >= 0.3 is 5.97 Å². The maximum Gasteiger partial charge on any atom is 0.332 e. The molecule has 0 N–H and O–H groups in total. The third kappa shape index (κ3) is 4.91. The van der Waals surface area contributed by atoms with Gasteiger partial charge in [-0.15, -0.1) is 0 Å². The molecule has 0 saturated heterocycles. The Kier molecular flexibility index (Phi) is 6.29. The molecule has 0 bridgehead atoms. The second kappa shape index (κ2) is 8.50. The number of benzene rings is 1. The number of esters is 1. The van der Waals surface area contributed by atoms with Crippen LogP contribution in [0.1, 0.15) is 68.7 Å². The quantitative estimate of drug-likeness (QED) is 0.514. The number of amides is 3. The molecule has 0 radical (unpaired) electrons. The number of rotatable bonds is 5. The third-order valence-electron chi connectivity index (χ3n) is 4.99. The van der Waals surface area contributed by atoms with Crippen LogP contribution < -0.4 is 0 Å². The van der Waals surface area contributed by atoms with Crippen LogP contribution in [0, 0.1) is 0 Å². The molecule has 8 nitrogen and oxygen atoms in total. The van der Waals surface area contributed by atoms with Crippen LogP contribution in [-0.2, 0) is 19.1 Å². The molecule has 2 aliphatic rings. The normalized spacial score (nSPS) is 19.9. The second-order valence-electron chi connectivity index (χ2n) is 9.88. The summed E-state index contributed by atoms with van der Waals surface area (Å²) in [6.45, 7) is 10.6. The standard InChI is InChI=1S/C24H30N2O6/c1-23(2,3)31-14-18(22(30)32-24(4,5)6)25-13-9-12-17(21(25)29)26-19(27)15-10-7-8-11-16(15)20(26)28/h7-11,13,17-18H,12,14H2,1-6H3/t17-,18+/m1/s1. The van der Waals surface area contributed by atoms with Crippen molar-refractivity contribution in [2.75, 3.05) is 6.61 Å². The minimum atomic E-state index is -1.06. The van der Waals surface area contributed by atoms with Crippen molar-refractivity contribution in [1.29, 1.82) is 0 Å². The molecule has 32 heavy (non-hydrogen) atoms. The van der Waals surface area contributed by atoms with E-state index in [0.717, 1.165) is 4.90 Å². The molecular formula is C24H30N2O6. The predicted molar refractivity (Wildman–Crippen MR) is 117 cm³/mol. The first kappa shape index (κ1) is 23.7. The maximum atomic E-state index is 13.5. The Morgan fingerprint density at radius 3 is 2.06 bits per heavy atom. The molecule has 0 fully saturated rings. The Hall–Kier alpha value is -3.00. The number of hydrogen-bond acceptors (Lipinski definition) is 6. The summed E-state index contributed by atoms with van der Waals surface area (Å²) >= 11 is 0. The molecule has 3 rings (SSSR count). The highest BCUT2D eigenvalue weighted by Gasteiger charge is 2.46. The summed E-state index contributed by atoms with van der Waals surface area (Å²) in [6, 6.07) is 4.37. The monoisotopic (exact) mass is 442 g/mol. The highest BCUT2D eigenvalue weighted by atomic mass is 16.6. The second-order valence-corrected chi connectivity index (χ2v) is 9.88. The lowest BCUT2D eigenvalue weighted by Crippen LogP contribution is -2.57. The van der Waals surface area contributed by atoms with Crippen molar-refractivity contribution >= 4 is 23.7 Å². The summed E-state index contributed by atoms with van der Waals surface area (Å²) in [5.74, 6) is -2.18. The summed E-state index contributed by atoms with van der Waals surface area (Å²) in [6.07, 6.45) is 3.34. The molecule has 8 heteroatoms. The SMILES string of the molecule is CC(C)(C)OC[C@@H](C(=O)OC(C)(C)C)N1C=CC[C@@H](N2C(=O)c3ccccc3C2=O)C1=O. The van der Waals surface area contributed by atoms with Crippen molar-refractivity contribution in [1.82, 2.24) is 9.80 Å².